The number of aromatic nitrogens is 1. The number of hydrogen-bond donors (Lipinski definition) is 0. The molecule has 1 aliphatic heterocycles. The molecule has 0 bridgehead atoms. The third kappa shape index (κ3) is 3.76. The van der Waals surface area contributed by atoms with E-state index in [0.29, 0.717) is 26.1 Å². The zero-order chi connectivity index (χ0) is 17.0. The second-order valence-corrected chi connectivity index (χ2v) is 8.03. The smallest absolute Gasteiger partial charge is 0.250 e. The van der Waals surface area contributed by atoms with Crippen LogP contribution in [0.4, 0.5) is 0 Å². The fourth-order valence-electron chi connectivity index (χ4n) is 2.99. The van der Waals surface area contributed by atoms with Crippen molar-refractivity contribution in [3.05, 3.63) is 64.6 Å². The molecule has 1 aromatic heterocycles. The molecule has 0 aliphatic carbocycles. The molecule has 1 fully saturated rings. The van der Waals surface area contributed by atoms with Gasteiger partial charge in [-0.15, -0.1) is 0 Å². The van der Waals surface area contributed by atoms with Crippen LogP contribution in [0.2, 0.25) is 0 Å². The quantitative estimate of drug-likeness (QED) is 0.834. The van der Waals surface area contributed by atoms with E-state index < -0.39 is 10.0 Å². The molecule has 2 heterocycles. The van der Waals surface area contributed by atoms with Crippen LogP contribution in [-0.4, -0.2) is 30.4 Å². The fourth-order valence-corrected chi connectivity index (χ4v) is 4.52. The predicted molar refractivity (Wildman–Crippen MR) is 93.5 cm³/mol. The lowest BCUT2D eigenvalue weighted by molar-refractivity contribution is 0.346. The molecule has 0 N–H and O–H groups in total. The molecule has 1 aromatic carbocycles. The van der Waals surface area contributed by atoms with Crippen molar-refractivity contribution in [2.24, 2.45) is 0 Å². The molecule has 3 rings (SSSR count). The van der Waals surface area contributed by atoms with Gasteiger partial charge in [-0.25, -0.2) is 8.42 Å². The summed E-state index contributed by atoms with van der Waals surface area (Å²) in [4.78, 5) is 12.3. The standard InChI is InChI=1S/C18H22N2O3S/c21-18-10-9-17(24(22,23)20-12-5-2-6-13-20)15-19(18)14-11-16-7-3-1-4-8-16/h1,3-4,7-10,15H,2,5-6,11-14H2. The van der Waals surface area contributed by atoms with Crippen molar-refractivity contribution < 1.29 is 8.42 Å². The number of pyridine rings is 1. The Morgan fingerprint density at radius 3 is 2.33 bits per heavy atom. The minimum atomic E-state index is -3.51. The van der Waals surface area contributed by atoms with Gasteiger partial charge in [-0.2, -0.15) is 4.31 Å². The minimum absolute atomic E-state index is 0.177. The highest BCUT2D eigenvalue weighted by Crippen LogP contribution is 2.19. The normalized spacial score (nSPS) is 16.2. The van der Waals surface area contributed by atoms with Crippen molar-refractivity contribution in [3.63, 3.8) is 0 Å². The Morgan fingerprint density at radius 1 is 0.917 bits per heavy atom. The highest BCUT2D eigenvalue weighted by molar-refractivity contribution is 7.89. The molecule has 0 saturated carbocycles. The van der Waals surface area contributed by atoms with Crippen LogP contribution >= 0.6 is 0 Å². The Bertz CT molecular complexity index is 838. The van der Waals surface area contributed by atoms with Gasteiger partial charge in [-0.3, -0.25) is 4.79 Å². The first-order valence-electron chi connectivity index (χ1n) is 8.32. The van der Waals surface area contributed by atoms with Crippen molar-refractivity contribution in [1.82, 2.24) is 8.87 Å². The highest BCUT2D eigenvalue weighted by Gasteiger charge is 2.26. The SMILES string of the molecule is O=c1ccc(S(=O)(=O)N2CCCCC2)cn1CCc1ccccc1. The van der Waals surface area contributed by atoms with Gasteiger partial charge in [0.15, 0.2) is 0 Å². The third-order valence-electron chi connectivity index (χ3n) is 4.39. The summed E-state index contributed by atoms with van der Waals surface area (Å²) in [6, 6.07) is 12.6. The van der Waals surface area contributed by atoms with Crippen LogP contribution in [-0.2, 0) is 23.0 Å². The molecule has 0 unspecified atom stereocenters. The number of hydrogen-bond acceptors (Lipinski definition) is 3. The molecule has 1 aliphatic rings. The van der Waals surface area contributed by atoms with Crippen molar-refractivity contribution in [3.8, 4) is 0 Å². The van der Waals surface area contributed by atoms with Crippen molar-refractivity contribution in [1.29, 1.82) is 0 Å². The second-order valence-electron chi connectivity index (χ2n) is 6.10. The van der Waals surface area contributed by atoms with Gasteiger partial charge >= 0.3 is 0 Å². The lowest BCUT2D eigenvalue weighted by Crippen LogP contribution is -2.36. The van der Waals surface area contributed by atoms with Gasteiger partial charge in [0.05, 0.1) is 4.90 Å². The van der Waals surface area contributed by atoms with Crippen LogP contribution < -0.4 is 5.56 Å². The molecule has 0 amide bonds. The largest absolute Gasteiger partial charge is 0.314 e. The number of benzene rings is 1. The molecule has 1 saturated heterocycles. The molecular weight excluding hydrogens is 324 g/mol. The lowest BCUT2D eigenvalue weighted by Gasteiger charge is -2.26. The summed E-state index contributed by atoms with van der Waals surface area (Å²) in [6.45, 7) is 1.59. The minimum Gasteiger partial charge on any atom is -0.314 e. The van der Waals surface area contributed by atoms with Crippen LogP contribution in [0.15, 0.2) is 58.4 Å². The van der Waals surface area contributed by atoms with Gasteiger partial charge in [0.1, 0.15) is 0 Å². The molecular formula is C18H22N2O3S. The molecule has 0 atom stereocenters. The van der Waals surface area contributed by atoms with Crippen molar-refractivity contribution in [2.75, 3.05) is 13.1 Å². The number of sulfonamides is 1. The maximum absolute atomic E-state index is 12.7. The van der Waals surface area contributed by atoms with E-state index in [9.17, 15) is 13.2 Å². The summed E-state index contributed by atoms with van der Waals surface area (Å²) >= 11 is 0. The van der Waals surface area contributed by atoms with E-state index in [4.69, 9.17) is 0 Å². The topological polar surface area (TPSA) is 59.4 Å². The van der Waals surface area contributed by atoms with Gasteiger partial charge in [-0.05, 0) is 30.9 Å². The number of rotatable bonds is 5. The fraction of sp³-hybridized carbons (Fsp3) is 0.389. The molecule has 128 valence electrons. The lowest BCUT2D eigenvalue weighted by atomic mass is 10.1. The summed E-state index contributed by atoms with van der Waals surface area (Å²) < 4.78 is 28.5. The average Bonchev–Trinajstić information content (AvgIpc) is 2.62. The number of piperidine rings is 1. The number of nitrogens with zero attached hydrogens (tertiary/aromatic N) is 2. The van der Waals surface area contributed by atoms with Crippen LogP contribution in [0, 0.1) is 0 Å². The summed E-state index contributed by atoms with van der Waals surface area (Å²) in [7, 11) is -3.51. The van der Waals surface area contributed by atoms with Crippen molar-refractivity contribution >= 4 is 10.0 Å². The van der Waals surface area contributed by atoms with Gasteiger partial charge in [-0.1, -0.05) is 36.8 Å². The first-order valence-corrected chi connectivity index (χ1v) is 9.76. The van der Waals surface area contributed by atoms with Crippen molar-refractivity contribution in [2.45, 2.75) is 37.1 Å². The second kappa shape index (κ2) is 7.32. The van der Waals surface area contributed by atoms with E-state index in [1.54, 1.807) is 0 Å². The zero-order valence-electron chi connectivity index (χ0n) is 13.6. The first kappa shape index (κ1) is 16.9. The van der Waals surface area contributed by atoms with E-state index in [1.807, 2.05) is 30.3 Å². The van der Waals surface area contributed by atoms with E-state index in [0.717, 1.165) is 24.8 Å². The molecule has 5 nitrogen and oxygen atoms in total. The summed E-state index contributed by atoms with van der Waals surface area (Å²) in [5.41, 5.74) is 0.942. The van der Waals surface area contributed by atoms with Crippen LogP contribution in [0.5, 0.6) is 0 Å². The zero-order valence-corrected chi connectivity index (χ0v) is 14.4. The van der Waals surface area contributed by atoms with Gasteiger partial charge in [0.25, 0.3) is 5.56 Å². The Balaban J connectivity index is 1.81. The van der Waals surface area contributed by atoms with Gasteiger partial charge < -0.3 is 4.57 Å². The Kier molecular flexibility index (Phi) is 5.16. The predicted octanol–water partition coefficient (Wildman–Crippen LogP) is 2.27. The Morgan fingerprint density at radius 2 is 1.62 bits per heavy atom. The summed E-state index contributed by atoms with van der Waals surface area (Å²) in [5, 5.41) is 0. The third-order valence-corrected chi connectivity index (χ3v) is 6.28. The molecule has 0 spiro atoms. The maximum atomic E-state index is 12.7. The monoisotopic (exact) mass is 346 g/mol. The highest BCUT2D eigenvalue weighted by atomic mass is 32.2. The van der Waals surface area contributed by atoms with Crippen LogP contribution in [0.1, 0.15) is 24.8 Å². The first-order chi connectivity index (χ1) is 11.6. The van der Waals surface area contributed by atoms with E-state index in [2.05, 4.69) is 0 Å². The Labute approximate surface area is 142 Å². The van der Waals surface area contributed by atoms with Gasteiger partial charge in [0, 0.05) is 31.9 Å². The summed E-state index contributed by atoms with van der Waals surface area (Å²) in [6.07, 6.45) is 5.03. The van der Waals surface area contributed by atoms with E-state index in [-0.39, 0.29) is 10.5 Å². The molecule has 24 heavy (non-hydrogen) atoms. The average molecular weight is 346 g/mol. The number of aryl methyl sites for hydroxylation is 2. The van der Waals surface area contributed by atoms with Gasteiger partial charge in [0.2, 0.25) is 10.0 Å². The van der Waals surface area contributed by atoms with E-state index >= 15 is 0 Å². The van der Waals surface area contributed by atoms with Crippen LogP contribution in [0.3, 0.4) is 0 Å². The van der Waals surface area contributed by atoms with E-state index in [1.165, 1.54) is 27.2 Å². The molecule has 6 heteroatoms. The maximum Gasteiger partial charge on any atom is 0.250 e. The molecule has 2 aromatic rings. The summed E-state index contributed by atoms with van der Waals surface area (Å²) in [5.74, 6) is 0. The Hall–Kier alpha value is -1.92. The van der Waals surface area contributed by atoms with Crippen LogP contribution in [0.25, 0.3) is 0 Å². The molecule has 0 radical (unpaired) electrons.